The highest BCUT2D eigenvalue weighted by Gasteiger charge is 2.12. The first kappa shape index (κ1) is 15.0. The van der Waals surface area contributed by atoms with Gasteiger partial charge in [0.05, 0.1) is 0 Å². The Morgan fingerprint density at radius 1 is 1.20 bits per heavy atom. The molecule has 2 aromatic carbocycles. The second-order valence-corrected chi connectivity index (χ2v) is 5.43. The molecule has 0 amide bonds. The van der Waals surface area contributed by atoms with Crippen LogP contribution in [0.2, 0.25) is 0 Å². The van der Waals surface area contributed by atoms with Gasteiger partial charge in [-0.3, -0.25) is 0 Å². The molecular weight excluding hydrogens is 321 g/mol. The van der Waals surface area contributed by atoms with Crippen LogP contribution in [0, 0.1) is 5.82 Å². The van der Waals surface area contributed by atoms with Crippen LogP contribution in [-0.2, 0) is 0 Å². The summed E-state index contributed by atoms with van der Waals surface area (Å²) in [6.07, 6.45) is 0. The lowest BCUT2D eigenvalue weighted by atomic mass is 10.1. The molecule has 0 fully saturated rings. The Morgan fingerprint density at radius 2 is 1.90 bits per heavy atom. The van der Waals surface area contributed by atoms with Crippen LogP contribution in [0.15, 0.2) is 46.9 Å². The quantitative estimate of drug-likeness (QED) is 0.824. The number of halogens is 2. The van der Waals surface area contributed by atoms with E-state index in [1.165, 1.54) is 12.1 Å². The molecule has 4 heteroatoms. The summed E-state index contributed by atoms with van der Waals surface area (Å²) < 4.78 is 19.8. The van der Waals surface area contributed by atoms with Crippen molar-refractivity contribution < 1.29 is 9.13 Å². The summed E-state index contributed by atoms with van der Waals surface area (Å²) in [4.78, 5) is 0. The summed E-state index contributed by atoms with van der Waals surface area (Å²) in [7, 11) is 0. The average Bonchev–Trinajstić information content (AvgIpc) is 2.43. The third-order valence-electron chi connectivity index (χ3n) is 2.99. The van der Waals surface area contributed by atoms with E-state index < -0.39 is 0 Å². The lowest BCUT2D eigenvalue weighted by molar-refractivity contribution is 0.461. The predicted octanol–water partition coefficient (Wildman–Crippen LogP) is 5.05. The van der Waals surface area contributed by atoms with Crippen LogP contribution >= 0.6 is 15.9 Å². The highest BCUT2D eigenvalue weighted by molar-refractivity contribution is 9.10. The van der Waals surface area contributed by atoms with Gasteiger partial charge in [0.15, 0.2) is 0 Å². The second-order valence-electron chi connectivity index (χ2n) is 4.52. The molecule has 0 bridgehead atoms. The van der Waals surface area contributed by atoms with Crippen molar-refractivity contribution in [2.24, 2.45) is 0 Å². The van der Waals surface area contributed by atoms with Gasteiger partial charge in [-0.05, 0) is 55.9 Å². The number of ether oxygens (including phenoxy) is 1. The number of hydrogen-bond donors (Lipinski definition) is 1. The molecule has 106 valence electrons. The van der Waals surface area contributed by atoms with Gasteiger partial charge in [-0.15, -0.1) is 0 Å². The fraction of sp³-hybridized carbons (Fsp3) is 0.250. The van der Waals surface area contributed by atoms with Gasteiger partial charge in [-0.25, -0.2) is 4.39 Å². The molecule has 1 N–H and O–H groups in total. The van der Waals surface area contributed by atoms with Crippen LogP contribution in [0.3, 0.4) is 0 Å². The van der Waals surface area contributed by atoms with Crippen LogP contribution in [0.5, 0.6) is 11.5 Å². The molecule has 0 saturated carbocycles. The smallest absolute Gasteiger partial charge is 0.132 e. The Kier molecular flexibility index (Phi) is 5.15. The molecule has 0 radical (unpaired) electrons. The van der Waals surface area contributed by atoms with Crippen molar-refractivity contribution >= 4 is 15.9 Å². The van der Waals surface area contributed by atoms with Gasteiger partial charge in [-0.1, -0.05) is 22.9 Å². The van der Waals surface area contributed by atoms with Gasteiger partial charge in [0.2, 0.25) is 0 Å². The molecule has 0 aromatic heterocycles. The highest BCUT2D eigenvalue weighted by atomic mass is 79.9. The first-order chi connectivity index (χ1) is 9.60. The fourth-order valence-corrected chi connectivity index (χ4v) is 2.38. The zero-order valence-electron chi connectivity index (χ0n) is 11.5. The largest absolute Gasteiger partial charge is 0.457 e. The second kappa shape index (κ2) is 6.86. The minimum Gasteiger partial charge on any atom is -0.457 e. The first-order valence-electron chi connectivity index (χ1n) is 6.56. The van der Waals surface area contributed by atoms with E-state index in [4.69, 9.17) is 4.74 Å². The van der Waals surface area contributed by atoms with E-state index in [0.29, 0.717) is 5.75 Å². The Balaban J connectivity index is 2.28. The molecule has 0 heterocycles. The molecule has 0 saturated heterocycles. The van der Waals surface area contributed by atoms with Crippen molar-refractivity contribution in [1.29, 1.82) is 0 Å². The standard InChI is InChI=1S/C16H17BrFNO/c1-3-19-11(2)15-10-12(17)4-9-16(15)20-14-7-5-13(18)6-8-14/h4-11,19H,3H2,1-2H3. The van der Waals surface area contributed by atoms with Crippen LogP contribution in [0.25, 0.3) is 0 Å². The molecule has 2 rings (SSSR count). The first-order valence-corrected chi connectivity index (χ1v) is 7.35. The number of rotatable bonds is 5. The van der Waals surface area contributed by atoms with E-state index in [1.54, 1.807) is 12.1 Å². The maximum Gasteiger partial charge on any atom is 0.132 e. The zero-order valence-corrected chi connectivity index (χ0v) is 13.1. The van der Waals surface area contributed by atoms with Crippen LogP contribution < -0.4 is 10.1 Å². The molecule has 1 atom stereocenters. The minimum absolute atomic E-state index is 0.174. The van der Waals surface area contributed by atoms with Crippen molar-refractivity contribution in [1.82, 2.24) is 5.32 Å². The minimum atomic E-state index is -0.269. The lowest BCUT2D eigenvalue weighted by Crippen LogP contribution is -2.18. The van der Waals surface area contributed by atoms with E-state index >= 15 is 0 Å². The molecule has 2 aromatic rings. The molecule has 20 heavy (non-hydrogen) atoms. The van der Waals surface area contributed by atoms with Crippen LogP contribution in [-0.4, -0.2) is 6.54 Å². The van der Waals surface area contributed by atoms with E-state index in [1.807, 2.05) is 18.2 Å². The Labute approximate surface area is 127 Å². The molecule has 2 nitrogen and oxygen atoms in total. The summed E-state index contributed by atoms with van der Waals surface area (Å²) in [6.45, 7) is 5.03. The van der Waals surface area contributed by atoms with Crippen molar-refractivity contribution in [3.8, 4) is 11.5 Å². The van der Waals surface area contributed by atoms with Crippen molar-refractivity contribution in [2.75, 3.05) is 6.54 Å². The lowest BCUT2D eigenvalue weighted by Gasteiger charge is -2.18. The number of benzene rings is 2. The molecule has 0 aliphatic heterocycles. The van der Waals surface area contributed by atoms with E-state index in [9.17, 15) is 4.39 Å². The van der Waals surface area contributed by atoms with Crippen LogP contribution in [0.1, 0.15) is 25.5 Å². The molecule has 0 spiro atoms. The highest BCUT2D eigenvalue weighted by Crippen LogP contribution is 2.32. The molecule has 0 aliphatic carbocycles. The van der Waals surface area contributed by atoms with Crippen molar-refractivity contribution in [3.05, 3.63) is 58.3 Å². The average molecular weight is 338 g/mol. The molecule has 0 aliphatic rings. The van der Waals surface area contributed by atoms with E-state index in [2.05, 4.69) is 35.1 Å². The topological polar surface area (TPSA) is 21.3 Å². The van der Waals surface area contributed by atoms with Gasteiger partial charge >= 0.3 is 0 Å². The van der Waals surface area contributed by atoms with Gasteiger partial charge in [0.25, 0.3) is 0 Å². The Morgan fingerprint density at radius 3 is 2.55 bits per heavy atom. The summed E-state index contributed by atoms with van der Waals surface area (Å²) in [5.74, 6) is 1.13. The Hall–Kier alpha value is -1.39. The predicted molar refractivity (Wildman–Crippen MR) is 82.7 cm³/mol. The van der Waals surface area contributed by atoms with Gasteiger partial charge in [0, 0.05) is 16.1 Å². The zero-order chi connectivity index (χ0) is 14.5. The SMILES string of the molecule is CCNC(C)c1cc(Br)ccc1Oc1ccc(F)cc1. The van der Waals surface area contributed by atoms with Crippen molar-refractivity contribution in [2.45, 2.75) is 19.9 Å². The maximum absolute atomic E-state index is 12.9. The summed E-state index contributed by atoms with van der Waals surface area (Å²) in [6, 6.07) is 12.1. The van der Waals surface area contributed by atoms with E-state index in [0.717, 1.165) is 22.3 Å². The van der Waals surface area contributed by atoms with Gasteiger partial charge in [-0.2, -0.15) is 0 Å². The summed E-state index contributed by atoms with van der Waals surface area (Å²) >= 11 is 3.48. The molecule has 1 unspecified atom stereocenters. The number of hydrogen-bond acceptors (Lipinski definition) is 2. The summed E-state index contributed by atoms with van der Waals surface area (Å²) in [5, 5.41) is 3.36. The molecular formula is C16H17BrFNO. The Bertz CT molecular complexity index is 571. The monoisotopic (exact) mass is 337 g/mol. The number of nitrogens with one attached hydrogen (secondary N) is 1. The van der Waals surface area contributed by atoms with Crippen molar-refractivity contribution in [3.63, 3.8) is 0 Å². The van der Waals surface area contributed by atoms with Gasteiger partial charge in [0.1, 0.15) is 17.3 Å². The maximum atomic E-state index is 12.9. The normalized spacial score (nSPS) is 12.2. The summed E-state index contributed by atoms with van der Waals surface area (Å²) in [5.41, 5.74) is 1.06. The van der Waals surface area contributed by atoms with E-state index in [-0.39, 0.29) is 11.9 Å². The third kappa shape index (κ3) is 3.81. The van der Waals surface area contributed by atoms with Crippen LogP contribution in [0.4, 0.5) is 4.39 Å². The van der Waals surface area contributed by atoms with Gasteiger partial charge < -0.3 is 10.1 Å². The third-order valence-corrected chi connectivity index (χ3v) is 3.48. The fourth-order valence-electron chi connectivity index (χ4n) is 2.00.